The third-order valence-corrected chi connectivity index (χ3v) is 6.43. The SMILES string of the molecule is Cc1cccc(-c2nnc(-c3ccc(C(=O)N4CCCC4c4cccs4)cc3)o2)c1. The summed E-state index contributed by atoms with van der Waals surface area (Å²) < 4.78 is 5.86. The van der Waals surface area contributed by atoms with Crippen LogP contribution in [-0.4, -0.2) is 27.5 Å². The summed E-state index contributed by atoms with van der Waals surface area (Å²) in [6.45, 7) is 2.83. The van der Waals surface area contributed by atoms with Crippen LogP contribution in [0.1, 0.15) is 39.7 Å². The van der Waals surface area contributed by atoms with Crippen molar-refractivity contribution >= 4 is 17.2 Å². The fraction of sp³-hybridized carbons (Fsp3) is 0.208. The Hall–Kier alpha value is -3.25. The second-order valence-corrected chi connectivity index (χ2v) is 8.51. The van der Waals surface area contributed by atoms with Gasteiger partial charge in [0.25, 0.3) is 5.91 Å². The number of aromatic nitrogens is 2. The maximum Gasteiger partial charge on any atom is 0.254 e. The highest BCUT2D eigenvalue weighted by atomic mass is 32.1. The zero-order valence-corrected chi connectivity index (χ0v) is 17.4. The standard InChI is InChI=1S/C24H21N3O2S/c1-16-5-2-6-19(15-16)23-26-25-22(29-23)17-9-11-18(12-10-17)24(28)27-13-3-7-20(27)21-8-4-14-30-21/h2,4-6,8-12,14-15,20H,3,7,13H2,1H3. The Morgan fingerprint density at radius 3 is 2.57 bits per heavy atom. The van der Waals surface area contributed by atoms with Gasteiger partial charge in [-0.05, 0) is 67.6 Å². The summed E-state index contributed by atoms with van der Waals surface area (Å²) in [7, 11) is 0. The van der Waals surface area contributed by atoms with Gasteiger partial charge in [-0.2, -0.15) is 0 Å². The molecule has 0 spiro atoms. The Morgan fingerprint density at radius 1 is 1.03 bits per heavy atom. The van der Waals surface area contributed by atoms with Gasteiger partial charge in [0, 0.05) is 28.1 Å². The van der Waals surface area contributed by atoms with Gasteiger partial charge in [0.1, 0.15) is 0 Å². The van der Waals surface area contributed by atoms with E-state index in [1.165, 1.54) is 4.88 Å². The van der Waals surface area contributed by atoms with Crippen molar-refractivity contribution < 1.29 is 9.21 Å². The number of aryl methyl sites for hydroxylation is 1. The molecule has 5 rings (SSSR count). The number of hydrogen-bond acceptors (Lipinski definition) is 5. The molecule has 30 heavy (non-hydrogen) atoms. The molecule has 150 valence electrons. The minimum atomic E-state index is 0.0726. The van der Waals surface area contributed by atoms with E-state index >= 15 is 0 Å². The monoisotopic (exact) mass is 415 g/mol. The number of nitrogens with zero attached hydrogens (tertiary/aromatic N) is 3. The Kier molecular flexibility index (Phi) is 4.93. The summed E-state index contributed by atoms with van der Waals surface area (Å²) in [5.74, 6) is 1.01. The molecule has 6 heteroatoms. The maximum absolute atomic E-state index is 13.1. The molecule has 1 aliphatic heterocycles. The molecule has 4 aromatic rings. The van der Waals surface area contributed by atoms with E-state index < -0.39 is 0 Å². The van der Waals surface area contributed by atoms with Gasteiger partial charge in [-0.1, -0.05) is 23.8 Å². The molecule has 0 aliphatic carbocycles. The number of rotatable bonds is 4. The Bertz CT molecular complexity index is 1170. The van der Waals surface area contributed by atoms with Crippen LogP contribution >= 0.6 is 11.3 Å². The van der Waals surface area contributed by atoms with E-state index in [4.69, 9.17) is 4.42 Å². The maximum atomic E-state index is 13.1. The second kappa shape index (κ2) is 7.88. The van der Waals surface area contributed by atoms with Crippen LogP contribution in [0.5, 0.6) is 0 Å². The summed E-state index contributed by atoms with van der Waals surface area (Å²) in [5, 5.41) is 10.4. The lowest BCUT2D eigenvalue weighted by molar-refractivity contribution is 0.0738. The normalized spacial score (nSPS) is 16.2. The number of carbonyl (C=O) groups excluding carboxylic acids is 1. The van der Waals surface area contributed by atoms with Crippen LogP contribution in [-0.2, 0) is 0 Å². The molecule has 0 saturated carbocycles. The Balaban J connectivity index is 1.35. The van der Waals surface area contributed by atoms with Crippen molar-refractivity contribution in [2.75, 3.05) is 6.54 Å². The molecule has 3 heterocycles. The number of amides is 1. The topological polar surface area (TPSA) is 59.2 Å². The van der Waals surface area contributed by atoms with Crippen LogP contribution in [0.4, 0.5) is 0 Å². The minimum absolute atomic E-state index is 0.0726. The average molecular weight is 416 g/mol. The third kappa shape index (κ3) is 3.55. The zero-order valence-electron chi connectivity index (χ0n) is 16.6. The van der Waals surface area contributed by atoms with Crippen LogP contribution in [0, 0.1) is 6.92 Å². The minimum Gasteiger partial charge on any atom is -0.416 e. The molecule has 5 nitrogen and oxygen atoms in total. The lowest BCUT2D eigenvalue weighted by atomic mass is 10.1. The fourth-order valence-electron chi connectivity index (χ4n) is 3.94. The van der Waals surface area contributed by atoms with Gasteiger partial charge in [-0.3, -0.25) is 4.79 Å². The third-order valence-electron chi connectivity index (χ3n) is 5.45. The Labute approximate surface area is 179 Å². The quantitative estimate of drug-likeness (QED) is 0.426. The van der Waals surface area contributed by atoms with Crippen molar-refractivity contribution in [2.45, 2.75) is 25.8 Å². The smallest absolute Gasteiger partial charge is 0.254 e. The van der Waals surface area contributed by atoms with Crippen LogP contribution < -0.4 is 0 Å². The van der Waals surface area contributed by atoms with Gasteiger partial charge in [0.2, 0.25) is 11.8 Å². The van der Waals surface area contributed by atoms with E-state index in [0.29, 0.717) is 17.3 Å². The molecule has 2 aromatic heterocycles. The zero-order chi connectivity index (χ0) is 20.5. The van der Waals surface area contributed by atoms with Crippen LogP contribution in [0.25, 0.3) is 22.9 Å². The molecular formula is C24H21N3O2S. The van der Waals surface area contributed by atoms with Crippen molar-refractivity contribution in [2.24, 2.45) is 0 Å². The highest BCUT2D eigenvalue weighted by Gasteiger charge is 2.31. The summed E-state index contributed by atoms with van der Waals surface area (Å²) in [4.78, 5) is 16.3. The van der Waals surface area contributed by atoms with Crippen LogP contribution in [0.15, 0.2) is 70.5 Å². The van der Waals surface area contributed by atoms with Gasteiger partial charge in [-0.15, -0.1) is 21.5 Å². The lowest BCUT2D eigenvalue weighted by Crippen LogP contribution is -2.30. The van der Waals surface area contributed by atoms with E-state index in [1.54, 1.807) is 11.3 Å². The van der Waals surface area contributed by atoms with Crippen molar-refractivity contribution in [3.05, 3.63) is 82.0 Å². The molecule has 1 atom stereocenters. The number of thiophene rings is 1. The van der Waals surface area contributed by atoms with E-state index in [0.717, 1.165) is 36.1 Å². The molecule has 1 fully saturated rings. The first-order valence-corrected chi connectivity index (χ1v) is 10.9. The molecule has 0 bridgehead atoms. The number of likely N-dealkylation sites (tertiary alicyclic amines) is 1. The van der Waals surface area contributed by atoms with Gasteiger partial charge in [-0.25, -0.2) is 0 Å². The fourth-order valence-corrected chi connectivity index (χ4v) is 4.82. The Morgan fingerprint density at radius 2 is 1.83 bits per heavy atom. The average Bonchev–Trinajstić information content (AvgIpc) is 3.54. The first-order chi connectivity index (χ1) is 14.7. The van der Waals surface area contributed by atoms with Crippen molar-refractivity contribution in [1.29, 1.82) is 0 Å². The lowest BCUT2D eigenvalue weighted by Gasteiger charge is -2.24. The summed E-state index contributed by atoms with van der Waals surface area (Å²) in [6, 6.07) is 19.7. The summed E-state index contributed by atoms with van der Waals surface area (Å²) in [5.41, 5.74) is 3.52. The van der Waals surface area contributed by atoms with E-state index in [-0.39, 0.29) is 11.9 Å². The molecule has 2 aromatic carbocycles. The first kappa shape index (κ1) is 18.8. The predicted molar refractivity (Wildman–Crippen MR) is 117 cm³/mol. The number of benzene rings is 2. The number of carbonyl (C=O) groups is 1. The van der Waals surface area contributed by atoms with Gasteiger partial charge >= 0.3 is 0 Å². The molecule has 1 amide bonds. The summed E-state index contributed by atoms with van der Waals surface area (Å²) >= 11 is 1.72. The van der Waals surface area contributed by atoms with Crippen molar-refractivity contribution in [1.82, 2.24) is 15.1 Å². The predicted octanol–water partition coefficient (Wildman–Crippen LogP) is 5.75. The van der Waals surface area contributed by atoms with Crippen LogP contribution in [0.3, 0.4) is 0 Å². The molecule has 1 unspecified atom stereocenters. The molecule has 1 saturated heterocycles. The highest BCUT2D eigenvalue weighted by molar-refractivity contribution is 7.10. The molecule has 0 N–H and O–H groups in total. The van der Waals surface area contributed by atoms with E-state index in [2.05, 4.69) is 21.6 Å². The molecule has 1 aliphatic rings. The first-order valence-electron chi connectivity index (χ1n) is 10.0. The van der Waals surface area contributed by atoms with Crippen molar-refractivity contribution in [3.63, 3.8) is 0 Å². The molecule has 0 radical (unpaired) electrons. The van der Waals surface area contributed by atoms with Gasteiger partial charge < -0.3 is 9.32 Å². The molecular weight excluding hydrogens is 394 g/mol. The highest BCUT2D eigenvalue weighted by Crippen LogP contribution is 2.35. The van der Waals surface area contributed by atoms with Crippen LogP contribution in [0.2, 0.25) is 0 Å². The number of hydrogen-bond donors (Lipinski definition) is 0. The van der Waals surface area contributed by atoms with Gasteiger partial charge in [0.05, 0.1) is 6.04 Å². The van der Waals surface area contributed by atoms with Gasteiger partial charge in [0.15, 0.2) is 0 Å². The summed E-state index contributed by atoms with van der Waals surface area (Å²) in [6.07, 6.45) is 2.06. The second-order valence-electron chi connectivity index (χ2n) is 7.53. The van der Waals surface area contributed by atoms with E-state index in [9.17, 15) is 4.79 Å². The largest absolute Gasteiger partial charge is 0.416 e. The van der Waals surface area contributed by atoms with E-state index in [1.807, 2.05) is 66.4 Å². The van der Waals surface area contributed by atoms with Crippen molar-refractivity contribution in [3.8, 4) is 22.9 Å².